The lowest BCUT2D eigenvalue weighted by Gasteiger charge is -2.01. The first-order chi connectivity index (χ1) is 6.19. The molecule has 0 amide bonds. The quantitative estimate of drug-likeness (QED) is 0.671. The molecule has 0 atom stereocenters. The van der Waals surface area contributed by atoms with Crippen molar-refractivity contribution in [1.29, 1.82) is 0 Å². The number of H-pyrrole nitrogens is 1. The maximum Gasteiger partial charge on any atom is 0.271 e. The fraction of sp³-hybridized carbons (Fsp3) is 0.100. The van der Waals surface area contributed by atoms with Crippen LogP contribution in [-0.2, 0) is 0 Å². The van der Waals surface area contributed by atoms with Crippen LogP contribution in [0.5, 0.6) is 0 Å². The molecule has 0 saturated heterocycles. The Morgan fingerprint density at radius 2 is 2.38 bits per heavy atom. The van der Waals surface area contributed by atoms with E-state index < -0.39 is 0 Å². The van der Waals surface area contributed by atoms with Crippen LogP contribution in [0.4, 0.5) is 5.69 Å². The lowest BCUT2D eigenvalue weighted by molar-refractivity contribution is 1.23. The van der Waals surface area contributed by atoms with Gasteiger partial charge < -0.3 is 10.7 Å². The first-order valence-electron chi connectivity index (χ1n) is 3.96. The van der Waals surface area contributed by atoms with Crippen LogP contribution < -0.4 is 11.3 Å². The van der Waals surface area contributed by atoms with E-state index in [4.69, 9.17) is 5.73 Å². The van der Waals surface area contributed by atoms with E-state index in [0.717, 1.165) is 11.1 Å². The van der Waals surface area contributed by atoms with E-state index in [2.05, 4.69) is 11.6 Å². The minimum Gasteiger partial charge on any atom is -0.394 e. The number of hydrogen-bond donors (Lipinski definition) is 2. The van der Waals surface area contributed by atoms with E-state index in [-0.39, 0.29) is 11.2 Å². The second kappa shape index (κ2) is 3.76. The monoisotopic (exact) mass is 176 g/mol. The normalized spacial score (nSPS) is 11.3. The highest BCUT2D eigenvalue weighted by Crippen LogP contribution is 2.14. The molecule has 1 aromatic rings. The molecular weight excluding hydrogens is 164 g/mol. The lowest BCUT2D eigenvalue weighted by atomic mass is 10.1. The summed E-state index contributed by atoms with van der Waals surface area (Å²) in [5.41, 5.74) is 7.24. The van der Waals surface area contributed by atoms with E-state index in [1.807, 2.05) is 13.0 Å². The van der Waals surface area contributed by atoms with Gasteiger partial charge in [0.1, 0.15) is 0 Å². The largest absolute Gasteiger partial charge is 0.394 e. The Hall–Kier alpha value is -1.77. The molecule has 3 nitrogen and oxygen atoms in total. The van der Waals surface area contributed by atoms with Crippen LogP contribution in [0, 0.1) is 0 Å². The van der Waals surface area contributed by atoms with Crippen molar-refractivity contribution in [3.63, 3.8) is 0 Å². The van der Waals surface area contributed by atoms with Gasteiger partial charge >= 0.3 is 0 Å². The third-order valence-corrected chi connectivity index (χ3v) is 1.80. The molecule has 0 radical (unpaired) electrons. The van der Waals surface area contributed by atoms with Crippen LogP contribution in [0.25, 0.3) is 5.57 Å². The molecular formula is C10H12N2O. The Labute approximate surface area is 76.6 Å². The number of pyridine rings is 1. The van der Waals surface area contributed by atoms with Crippen LogP contribution in [-0.4, -0.2) is 4.98 Å². The maximum atomic E-state index is 10.9. The van der Waals surface area contributed by atoms with Gasteiger partial charge in [0.25, 0.3) is 5.56 Å². The number of allylic oxidation sites excluding steroid dienone is 3. The Morgan fingerprint density at radius 3 is 2.85 bits per heavy atom. The third-order valence-electron chi connectivity index (χ3n) is 1.80. The summed E-state index contributed by atoms with van der Waals surface area (Å²) >= 11 is 0. The van der Waals surface area contributed by atoms with Crippen LogP contribution in [0.2, 0.25) is 0 Å². The molecule has 1 aromatic heterocycles. The molecule has 13 heavy (non-hydrogen) atoms. The Bertz CT molecular complexity index is 402. The fourth-order valence-electron chi connectivity index (χ4n) is 1.07. The SMILES string of the molecule is C=C/C(=C\C)c1c[nH]c(=O)c(N)c1. The Morgan fingerprint density at radius 1 is 1.69 bits per heavy atom. The summed E-state index contributed by atoms with van der Waals surface area (Å²) in [5, 5.41) is 0. The van der Waals surface area contributed by atoms with Crippen LogP contribution in [0.15, 0.2) is 35.8 Å². The van der Waals surface area contributed by atoms with Gasteiger partial charge in [-0.05, 0) is 24.1 Å². The summed E-state index contributed by atoms with van der Waals surface area (Å²) in [4.78, 5) is 13.5. The summed E-state index contributed by atoms with van der Waals surface area (Å²) in [6, 6.07) is 1.63. The van der Waals surface area contributed by atoms with Gasteiger partial charge in [-0.15, -0.1) is 0 Å². The number of hydrogen-bond acceptors (Lipinski definition) is 2. The van der Waals surface area contributed by atoms with Crippen molar-refractivity contribution in [2.24, 2.45) is 0 Å². The number of nitrogens with one attached hydrogen (secondary N) is 1. The predicted molar refractivity (Wildman–Crippen MR) is 55.3 cm³/mol. The average Bonchev–Trinajstić information content (AvgIpc) is 2.13. The molecule has 0 unspecified atom stereocenters. The molecule has 1 heterocycles. The standard InChI is InChI=1S/C10H12N2O/c1-3-7(4-2)8-5-9(11)10(13)12-6-8/h3-6H,1,11H2,2H3,(H,12,13)/b7-4+. The lowest BCUT2D eigenvalue weighted by Crippen LogP contribution is -2.11. The molecule has 0 bridgehead atoms. The van der Waals surface area contributed by atoms with Gasteiger partial charge in [-0.3, -0.25) is 4.79 Å². The topological polar surface area (TPSA) is 58.9 Å². The molecule has 0 spiro atoms. The highest BCUT2D eigenvalue weighted by atomic mass is 16.1. The second-order valence-electron chi connectivity index (χ2n) is 2.62. The Balaban J connectivity index is 3.25. The second-order valence-corrected chi connectivity index (χ2v) is 2.62. The molecule has 3 heteroatoms. The van der Waals surface area contributed by atoms with Crippen LogP contribution >= 0.6 is 0 Å². The summed E-state index contributed by atoms with van der Waals surface area (Å²) < 4.78 is 0. The predicted octanol–water partition coefficient (Wildman–Crippen LogP) is 1.55. The number of nitrogens with two attached hydrogens (primary N) is 1. The van der Waals surface area contributed by atoms with Gasteiger partial charge in [-0.25, -0.2) is 0 Å². The molecule has 1 rings (SSSR count). The zero-order valence-electron chi connectivity index (χ0n) is 7.50. The van der Waals surface area contributed by atoms with Gasteiger partial charge in [-0.1, -0.05) is 18.7 Å². The first-order valence-corrected chi connectivity index (χ1v) is 3.96. The number of rotatable bonds is 2. The molecule has 0 fully saturated rings. The van der Waals surface area contributed by atoms with Crippen LogP contribution in [0.1, 0.15) is 12.5 Å². The molecule has 0 saturated carbocycles. The molecule has 68 valence electrons. The summed E-state index contributed by atoms with van der Waals surface area (Å²) in [7, 11) is 0. The minimum absolute atomic E-state index is 0.221. The average molecular weight is 176 g/mol. The van der Waals surface area contributed by atoms with Crippen molar-refractivity contribution >= 4 is 11.3 Å². The van der Waals surface area contributed by atoms with Gasteiger partial charge in [0.15, 0.2) is 0 Å². The smallest absolute Gasteiger partial charge is 0.271 e. The molecule has 0 aliphatic rings. The van der Waals surface area contributed by atoms with Gasteiger partial charge in [0.2, 0.25) is 0 Å². The van der Waals surface area contributed by atoms with Crippen molar-refractivity contribution in [2.75, 3.05) is 5.73 Å². The van der Waals surface area contributed by atoms with Gasteiger partial charge in [-0.2, -0.15) is 0 Å². The Kier molecular flexibility index (Phi) is 2.69. The van der Waals surface area contributed by atoms with Crippen molar-refractivity contribution in [3.8, 4) is 0 Å². The zero-order chi connectivity index (χ0) is 9.84. The number of anilines is 1. The van der Waals surface area contributed by atoms with Gasteiger partial charge in [0.05, 0.1) is 5.69 Å². The number of aromatic amines is 1. The van der Waals surface area contributed by atoms with Crippen molar-refractivity contribution in [1.82, 2.24) is 4.98 Å². The van der Waals surface area contributed by atoms with Gasteiger partial charge in [0, 0.05) is 6.20 Å². The molecule has 3 N–H and O–H groups in total. The zero-order valence-corrected chi connectivity index (χ0v) is 7.50. The minimum atomic E-state index is -0.261. The summed E-state index contributed by atoms with van der Waals surface area (Å²) in [6.45, 7) is 5.56. The number of nitrogen functional groups attached to an aromatic ring is 1. The highest BCUT2D eigenvalue weighted by molar-refractivity contribution is 5.74. The van der Waals surface area contributed by atoms with Crippen molar-refractivity contribution < 1.29 is 0 Å². The van der Waals surface area contributed by atoms with E-state index in [1.54, 1.807) is 18.3 Å². The fourth-order valence-corrected chi connectivity index (χ4v) is 1.07. The molecule has 0 aliphatic heterocycles. The molecule has 0 aliphatic carbocycles. The maximum absolute atomic E-state index is 10.9. The van der Waals surface area contributed by atoms with Crippen LogP contribution in [0.3, 0.4) is 0 Å². The summed E-state index contributed by atoms with van der Waals surface area (Å²) in [6.07, 6.45) is 5.24. The van der Waals surface area contributed by atoms with Crippen molar-refractivity contribution in [2.45, 2.75) is 6.92 Å². The van der Waals surface area contributed by atoms with Crippen molar-refractivity contribution in [3.05, 3.63) is 46.9 Å². The summed E-state index contributed by atoms with van der Waals surface area (Å²) in [5.74, 6) is 0. The number of aromatic nitrogens is 1. The first kappa shape index (κ1) is 9.32. The molecule has 0 aromatic carbocycles. The van der Waals surface area contributed by atoms with E-state index in [1.165, 1.54) is 0 Å². The highest BCUT2D eigenvalue weighted by Gasteiger charge is 1.99. The third kappa shape index (κ3) is 1.87. The van der Waals surface area contributed by atoms with E-state index in [9.17, 15) is 4.79 Å². The van der Waals surface area contributed by atoms with E-state index >= 15 is 0 Å². The van der Waals surface area contributed by atoms with E-state index in [0.29, 0.717) is 0 Å².